The molecule has 0 aliphatic rings. The molecule has 0 saturated carbocycles. The minimum Gasteiger partial charge on any atom is -0.349 e. The molecule has 0 saturated heterocycles. The van der Waals surface area contributed by atoms with Gasteiger partial charge in [-0.3, -0.25) is 4.98 Å². The summed E-state index contributed by atoms with van der Waals surface area (Å²) in [5.74, 6) is 0.755. The summed E-state index contributed by atoms with van der Waals surface area (Å²) in [5, 5.41) is 0.565. The molecule has 0 N–H and O–H groups in total. The van der Waals surface area contributed by atoms with E-state index in [2.05, 4.69) is 39.8 Å². The number of pyridine rings is 1. The lowest BCUT2D eigenvalue weighted by molar-refractivity contribution is 0.676. The standard InChI is InChI=1S/C13H15ClN4/c1-3-18(13-12(14)8-16-9-17-13)10(2)11-5-4-6-15-7-11/h4-10H,3H2,1-2H3. The van der Waals surface area contributed by atoms with Crippen molar-refractivity contribution in [1.29, 1.82) is 0 Å². The van der Waals surface area contributed by atoms with Crippen molar-refractivity contribution < 1.29 is 0 Å². The van der Waals surface area contributed by atoms with Gasteiger partial charge in [0.1, 0.15) is 11.3 Å². The fraction of sp³-hybridized carbons (Fsp3) is 0.308. The van der Waals surface area contributed by atoms with Crippen LogP contribution in [0.2, 0.25) is 5.02 Å². The summed E-state index contributed by atoms with van der Waals surface area (Å²) in [6.45, 7) is 5.00. The van der Waals surface area contributed by atoms with Crippen LogP contribution in [0.15, 0.2) is 37.1 Å². The van der Waals surface area contributed by atoms with Crippen LogP contribution in [0.4, 0.5) is 5.82 Å². The first-order valence-corrected chi connectivity index (χ1v) is 6.24. The lowest BCUT2D eigenvalue weighted by atomic mass is 10.1. The van der Waals surface area contributed by atoms with Crippen molar-refractivity contribution in [3.05, 3.63) is 47.6 Å². The van der Waals surface area contributed by atoms with Crippen LogP contribution < -0.4 is 4.90 Å². The number of hydrogen-bond acceptors (Lipinski definition) is 4. The zero-order chi connectivity index (χ0) is 13.0. The molecule has 4 nitrogen and oxygen atoms in total. The molecule has 18 heavy (non-hydrogen) atoms. The fourth-order valence-electron chi connectivity index (χ4n) is 1.93. The molecule has 0 bridgehead atoms. The predicted molar refractivity (Wildman–Crippen MR) is 72.7 cm³/mol. The Labute approximate surface area is 112 Å². The average Bonchev–Trinajstić information content (AvgIpc) is 2.42. The molecule has 0 fully saturated rings. The van der Waals surface area contributed by atoms with E-state index in [4.69, 9.17) is 11.6 Å². The molecule has 94 valence electrons. The van der Waals surface area contributed by atoms with Gasteiger partial charge in [-0.05, 0) is 25.5 Å². The van der Waals surface area contributed by atoms with E-state index in [-0.39, 0.29) is 6.04 Å². The predicted octanol–water partition coefficient (Wildman–Crippen LogP) is 3.11. The Bertz CT molecular complexity index is 503. The van der Waals surface area contributed by atoms with Gasteiger partial charge in [0, 0.05) is 18.9 Å². The van der Waals surface area contributed by atoms with E-state index in [0.29, 0.717) is 5.02 Å². The number of aromatic nitrogens is 3. The molecule has 0 aliphatic carbocycles. The topological polar surface area (TPSA) is 41.9 Å². The first-order chi connectivity index (χ1) is 8.74. The quantitative estimate of drug-likeness (QED) is 0.849. The normalized spacial score (nSPS) is 12.2. The van der Waals surface area contributed by atoms with Crippen LogP contribution in [0.5, 0.6) is 0 Å². The van der Waals surface area contributed by atoms with Crippen LogP contribution >= 0.6 is 11.6 Å². The van der Waals surface area contributed by atoms with Gasteiger partial charge in [-0.2, -0.15) is 0 Å². The Hall–Kier alpha value is -1.68. The fourth-order valence-corrected chi connectivity index (χ4v) is 2.14. The average molecular weight is 263 g/mol. The Morgan fingerprint density at radius 3 is 2.78 bits per heavy atom. The van der Waals surface area contributed by atoms with Crippen molar-refractivity contribution in [2.24, 2.45) is 0 Å². The summed E-state index contributed by atoms with van der Waals surface area (Å²) in [7, 11) is 0. The Balaban J connectivity index is 2.32. The Morgan fingerprint density at radius 2 is 2.17 bits per heavy atom. The Morgan fingerprint density at radius 1 is 1.33 bits per heavy atom. The van der Waals surface area contributed by atoms with Gasteiger partial charge >= 0.3 is 0 Å². The molecule has 0 aliphatic heterocycles. The van der Waals surface area contributed by atoms with Crippen molar-refractivity contribution in [3.63, 3.8) is 0 Å². The molecule has 2 rings (SSSR count). The molecule has 5 heteroatoms. The lowest BCUT2D eigenvalue weighted by Crippen LogP contribution is -2.27. The third kappa shape index (κ3) is 2.59. The molecular formula is C13H15ClN4. The summed E-state index contributed by atoms with van der Waals surface area (Å²) in [6, 6.07) is 4.15. The Kier molecular flexibility index (Phi) is 4.10. The maximum absolute atomic E-state index is 6.15. The van der Waals surface area contributed by atoms with Crippen LogP contribution in [0, 0.1) is 0 Å². The second-order valence-corrected chi connectivity index (χ2v) is 4.35. The molecule has 0 amide bonds. The highest BCUT2D eigenvalue weighted by atomic mass is 35.5. The van der Waals surface area contributed by atoms with Crippen LogP contribution in [0.25, 0.3) is 0 Å². The summed E-state index contributed by atoms with van der Waals surface area (Å²) in [4.78, 5) is 14.4. The van der Waals surface area contributed by atoms with E-state index in [1.807, 2.05) is 12.3 Å². The maximum atomic E-state index is 6.15. The van der Waals surface area contributed by atoms with Crippen molar-refractivity contribution in [3.8, 4) is 0 Å². The SMILES string of the molecule is CCN(c1ncncc1Cl)C(C)c1cccnc1. The van der Waals surface area contributed by atoms with E-state index in [9.17, 15) is 0 Å². The maximum Gasteiger partial charge on any atom is 0.151 e. The minimum atomic E-state index is 0.163. The number of rotatable bonds is 4. The number of halogens is 1. The van der Waals surface area contributed by atoms with E-state index in [0.717, 1.165) is 17.9 Å². The van der Waals surface area contributed by atoms with E-state index < -0.39 is 0 Å². The van der Waals surface area contributed by atoms with Gasteiger partial charge in [-0.25, -0.2) is 9.97 Å². The van der Waals surface area contributed by atoms with Gasteiger partial charge in [0.05, 0.1) is 12.2 Å². The number of nitrogens with zero attached hydrogens (tertiary/aromatic N) is 4. The van der Waals surface area contributed by atoms with Gasteiger partial charge < -0.3 is 4.90 Å². The molecule has 0 aromatic carbocycles. The summed E-state index contributed by atoms with van der Waals surface area (Å²) in [6.07, 6.45) is 6.76. The van der Waals surface area contributed by atoms with Crippen LogP contribution in [0.1, 0.15) is 25.5 Å². The molecule has 0 radical (unpaired) electrons. The van der Waals surface area contributed by atoms with E-state index >= 15 is 0 Å². The first kappa shape index (κ1) is 12.8. The minimum absolute atomic E-state index is 0.163. The highest BCUT2D eigenvalue weighted by Gasteiger charge is 2.18. The van der Waals surface area contributed by atoms with Crippen molar-refractivity contribution >= 4 is 17.4 Å². The van der Waals surface area contributed by atoms with Gasteiger partial charge in [0.25, 0.3) is 0 Å². The molecule has 2 heterocycles. The molecular weight excluding hydrogens is 248 g/mol. The van der Waals surface area contributed by atoms with Crippen molar-refractivity contribution in [2.75, 3.05) is 11.4 Å². The third-order valence-electron chi connectivity index (χ3n) is 2.90. The van der Waals surface area contributed by atoms with Gasteiger partial charge in [-0.1, -0.05) is 17.7 Å². The van der Waals surface area contributed by atoms with Crippen LogP contribution in [-0.2, 0) is 0 Å². The first-order valence-electron chi connectivity index (χ1n) is 5.86. The lowest BCUT2D eigenvalue weighted by Gasteiger charge is -2.29. The highest BCUT2D eigenvalue weighted by molar-refractivity contribution is 6.32. The summed E-state index contributed by atoms with van der Waals surface area (Å²) in [5.41, 5.74) is 1.13. The van der Waals surface area contributed by atoms with Crippen LogP contribution in [-0.4, -0.2) is 21.5 Å². The van der Waals surface area contributed by atoms with E-state index in [1.54, 1.807) is 12.4 Å². The molecule has 2 aromatic rings. The molecule has 0 spiro atoms. The number of anilines is 1. The second kappa shape index (κ2) is 5.78. The van der Waals surface area contributed by atoms with Gasteiger partial charge in [0.15, 0.2) is 5.82 Å². The summed E-state index contributed by atoms with van der Waals surface area (Å²) < 4.78 is 0. The zero-order valence-corrected chi connectivity index (χ0v) is 11.2. The van der Waals surface area contributed by atoms with Crippen LogP contribution in [0.3, 0.4) is 0 Å². The summed E-state index contributed by atoms with van der Waals surface area (Å²) >= 11 is 6.15. The molecule has 1 atom stereocenters. The third-order valence-corrected chi connectivity index (χ3v) is 3.16. The van der Waals surface area contributed by atoms with Gasteiger partial charge in [0.2, 0.25) is 0 Å². The second-order valence-electron chi connectivity index (χ2n) is 3.94. The largest absolute Gasteiger partial charge is 0.349 e. The number of hydrogen-bond donors (Lipinski definition) is 0. The highest BCUT2D eigenvalue weighted by Crippen LogP contribution is 2.29. The van der Waals surface area contributed by atoms with E-state index in [1.165, 1.54) is 6.33 Å². The monoisotopic (exact) mass is 262 g/mol. The molecule has 2 aromatic heterocycles. The smallest absolute Gasteiger partial charge is 0.151 e. The van der Waals surface area contributed by atoms with Crippen molar-refractivity contribution in [2.45, 2.75) is 19.9 Å². The molecule has 1 unspecified atom stereocenters. The zero-order valence-electron chi connectivity index (χ0n) is 10.4. The van der Waals surface area contributed by atoms with Crippen molar-refractivity contribution in [1.82, 2.24) is 15.0 Å². The van der Waals surface area contributed by atoms with Gasteiger partial charge in [-0.15, -0.1) is 0 Å².